The lowest BCUT2D eigenvalue weighted by Gasteiger charge is -2.35. The fourth-order valence-corrected chi connectivity index (χ4v) is 4.73. The van der Waals surface area contributed by atoms with Gasteiger partial charge in [-0.2, -0.15) is 0 Å². The number of benzene rings is 1. The number of likely N-dealkylation sites (tertiary alicyclic amines) is 1. The van der Waals surface area contributed by atoms with Crippen molar-refractivity contribution in [2.24, 2.45) is 11.8 Å². The molecule has 1 unspecified atom stereocenters. The number of rotatable bonds is 6. The second-order valence-electron chi connectivity index (χ2n) is 6.84. The van der Waals surface area contributed by atoms with E-state index < -0.39 is 11.9 Å². The van der Waals surface area contributed by atoms with E-state index in [1.807, 2.05) is 29.2 Å². The van der Waals surface area contributed by atoms with Crippen LogP contribution in [-0.2, 0) is 14.3 Å². The molecule has 7 heteroatoms. The van der Waals surface area contributed by atoms with Crippen LogP contribution in [0.1, 0.15) is 25.7 Å². The highest BCUT2D eigenvalue weighted by molar-refractivity contribution is 7.99. The number of amides is 1. The van der Waals surface area contributed by atoms with Crippen LogP contribution in [0.5, 0.6) is 0 Å². The molecule has 1 N–H and O–H groups in total. The van der Waals surface area contributed by atoms with Crippen molar-refractivity contribution < 1.29 is 19.4 Å². The van der Waals surface area contributed by atoms with Crippen LogP contribution in [0.4, 0.5) is 0 Å². The first-order chi connectivity index (χ1) is 12.5. The first-order valence-electron chi connectivity index (χ1n) is 9.05. The Morgan fingerprint density at radius 1 is 1.19 bits per heavy atom. The van der Waals surface area contributed by atoms with Gasteiger partial charge in [-0.05, 0) is 49.4 Å². The van der Waals surface area contributed by atoms with Gasteiger partial charge < -0.3 is 14.7 Å². The van der Waals surface area contributed by atoms with E-state index in [1.54, 1.807) is 11.8 Å². The quantitative estimate of drug-likeness (QED) is 0.743. The fourth-order valence-electron chi connectivity index (χ4n) is 3.76. The summed E-state index contributed by atoms with van der Waals surface area (Å²) in [6, 6.07) is 7.63. The largest absolute Gasteiger partial charge is 0.481 e. The standard InChI is InChI=1S/C19H24ClNO4S/c20-14-1-3-15(4-2-14)26-12-8-17(22)21-9-5-13(6-10-21)18-16(19(23)24)7-11-25-18/h1-4,13,16,18H,5-12H2,(H,23,24)/t16?,18-/m0/s1. The Hall–Kier alpha value is -1.24. The van der Waals surface area contributed by atoms with E-state index in [2.05, 4.69) is 0 Å². The smallest absolute Gasteiger partial charge is 0.309 e. The Morgan fingerprint density at radius 3 is 2.54 bits per heavy atom. The van der Waals surface area contributed by atoms with E-state index in [0.29, 0.717) is 37.6 Å². The molecule has 1 aromatic carbocycles. The first kappa shape index (κ1) is 19.5. The van der Waals surface area contributed by atoms with E-state index in [-0.39, 0.29) is 17.9 Å². The van der Waals surface area contributed by atoms with Gasteiger partial charge in [-0.25, -0.2) is 0 Å². The van der Waals surface area contributed by atoms with Crippen molar-refractivity contribution in [2.45, 2.75) is 36.7 Å². The molecule has 26 heavy (non-hydrogen) atoms. The minimum absolute atomic E-state index is 0.173. The van der Waals surface area contributed by atoms with Gasteiger partial charge in [0.25, 0.3) is 0 Å². The van der Waals surface area contributed by atoms with Crippen LogP contribution in [0.2, 0.25) is 5.02 Å². The van der Waals surface area contributed by atoms with Crippen LogP contribution >= 0.6 is 23.4 Å². The van der Waals surface area contributed by atoms with Gasteiger partial charge in [0.15, 0.2) is 0 Å². The van der Waals surface area contributed by atoms with Crippen molar-refractivity contribution in [2.75, 3.05) is 25.4 Å². The Labute approximate surface area is 163 Å². The van der Waals surface area contributed by atoms with E-state index in [4.69, 9.17) is 16.3 Å². The van der Waals surface area contributed by atoms with Gasteiger partial charge in [0.05, 0.1) is 12.0 Å². The molecule has 0 bridgehead atoms. The average molecular weight is 398 g/mol. The summed E-state index contributed by atoms with van der Waals surface area (Å²) >= 11 is 7.53. The van der Waals surface area contributed by atoms with Gasteiger partial charge in [-0.1, -0.05) is 11.6 Å². The zero-order valence-electron chi connectivity index (χ0n) is 14.6. The van der Waals surface area contributed by atoms with Gasteiger partial charge >= 0.3 is 5.97 Å². The zero-order chi connectivity index (χ0) is 18.5. The molecule has 142 valence electrons. The lowest BCUT2D eigenvalue weighted by Crippen LogP contribution is -2.43. The molecule has 0 aromatic heterocycles. The molecule has 2 aliphatic rings. The summed E-state index contributed by atoms with van der Waals surface area (Å²) in [5.74, 6) is 0.00845. The second-order valence-corrected chi connectivity index (χ2v) is 8.44. The molecule has 2 heterocycles. The molecular weight excluding hydrogens is 374 g/mol. The minimum Gasteiger partial charge on any atom is -0.481 e. The monoisotopic (exact) mass is 397 g/mol. The van der Waals surface area contributed by atoms with Crippen molar-refractivity contribution in [1.29, 1.82) is 0 Å². The highest BCUT2D eigenvalue weighted by Crippen LogP contribution is 2.33. The van der Waals surface area contributed by atoms with Crippen molar-refractivity contribution in [3.8, 4) is 0 Å². The fraction of sp³-hybridized carbons (Fsp3) is 0.579. The van der Waals surface area contributed by atoms with Crippen LogP contribution in [0.25, 0.3) is 0 Å². The molecule has 5 nitrogen and oxygen atoms in total. The maximum absolute atomic E-state index is 12.4. The number of aliphatic carboxylic acids is 1. The maximum atomic E-state index is 12.4. The summed E-state index contributed by atoms with van der Waals surface area (Å²) in [4.78, 5) is 26.8. The van der Waals surface area contributed by atoms with Crippen LogP contribution in [0.3, 0.4) is 0 Å². The topological polar surface area (TPSA) is 66.8 Å². The van der Waals surface area contributed by atoms with Crippen molar-refractivity contribution >= 4 is 35.2 Å². The Morgan fingerprint density at radius 2 is 1.88 bits per heavy atom. The maximum Gasteiger partial charge on any atom is 0.309 e. The summed E-state index contributed by atoms with van der Waals surface area (Å²) in [6.45, 7) is 1.92. The number of hydrogen-bond acceptors (Lipinski definition) is 4. The van der Waals surface area contributed by atoms with Gasteiger partial charge in [0.1, 0.15) is 0 Å². The van der Waals surface area contributed by atoms with Crippen molar-refractivity contribution in [3.05, 3.63) is 29.3 Å². The number of carbonyl (C=O) groups excluding carboxylic acids is 1. The molecule has 0 saturated carbocycles. The Kier molecular flexibility index (Phi) is 6.84. The third-order valence-electron chi connectivity index (χ3n) is 5.21. The van der Waals surface area contributed by atoms with Gasteiger partial charge in [-0.15, -0.1) is 11.8 Å². The number of thioether (sulfide) groups is 1. The first-order valence-corrected chi connectivity index (χ1v) is 10.4. The third-order valence-corrected chi connectivity index (χ3v) is 6.47. The third kappa shape index (κ3) is 4.93. The number of carboxylic acids is 1. The summed E-state index contributed by atoms with van der Waals surface area (Å²) in [5, 5.41) is 10.0. The summed E-state index contributed by atoms with van der Waals surface area (Å²) in [7, 11) is 0. The molecule has 2 aliphatic heterocycles. The molecule has 1 aromatic rings. The average Bonchev–Trinajstić information content (AvgIpc) is 3.13. The van der Waals surface area contributed by atoms with E-state index in [0.717, 1.165) is 23.5 Å². The van der Waals surface area contributed by atoms with E-state index in [1.165, 1.54) is 0 Å². The predicted molar refractivity (Wildman–Crippen MR) is 102 cm³/mol. The Bertz CT molecular complexity index is 631. The number of ether oxygens (including phenoxy) is 1. The normalized spacial score (nSPS) is 24.0. The lowest BCUT2D eigenvalue weighted by molar-refractivity contribution is -0.146. The van der Waals surface area contributed by atoms with E-state index >= 15 is 0 Å². The molecular formula is C19H24ClNO4S. The Balaban J connectivity index is 1.40. The van der Waals surface area contributed by atoms with Crippen LogP contribution in [0.15, 0.2) is 29.2 Å². The molecule has 1 amide bonds. The highest BCUT2D eigenvalue weighted by Gasteiger charge is 2.40. The van der Waals surface area contributed by atoms with Gasteiger partial charge in [0, 0.05) is 41.8 Å². The van der Waals surface area contributed by atoms with Gasteiger partial charge in [-0.3, -0.25) is 9.59 Å². The molecule has 3 rings (SSSR count). The molecule has 0 aliphatic carbocycles. The number of nitrogens with zero attached hydrogens (tertiary/aromatic N) is 1. The van der Waals surface area contributed by atoms with Crippen LogP contribution < -0.4 is 0 Å². The summed E-state index contributed by atoms with van der Waals surface area (Å²) < 4.78 is 5.69. The number of piperidine rings is 1. The minimum atomic E-state index is -0.759. The molecule has 0 radical (unpaired) electrons. The molecule has 2 fully saturated rings. The molecule has 2 saturated heterocycles. The number of halogens is 1. The zero-order valence-corrected chi connectivity index (χ0v) is 16.2. The summed E-state index contributed by atoms with van der Waals surface area (Å²) in [5.41, 5.74) is 0. The van der Waals surface area contributed by atoms with Crippen molar-refractivity contribution in [1.82, 2.24) is 4.90 Å². The number of carbonyl (C=O) groups is 2. The van der Waals surface area contributed by atoms with Crippen LogP contribution in [0, 0.1) is 11.8 Å². The predicted octanol–water partition coefficient (Wildman–Crippen LogP) is 3.55. The highest BCUT2D eigenvalue weighted by atomic mass is 35.5. The molecule has 2 atom stereocenters. The van der Waals surface area contributed by atoms with E-state index in [9.17, 15) is 14.7 Å². The van der Waals surface area contributed by atoms with Crippen LogP contribution in [-0.4, -0.2) is 53.4 Å². The number of hydrogen-bond donors (Lipinski definition) is 1. The molecule has 0 spiro atoms. The van der Waals surface area contributed by atoms with Gasteiger partial charge in [0.2, 0.25) is 5.91 Å². The van der Waals surface area contributed by atoms with Crippen molar-refractivity contribution in [3.63, 3.8) is 0 Å². The summed E-state index contributed by atoms with van der Waals surface area (Å²) in [6.07, 6.45) is 2.57. The SMILES string of the molecule is O=C(O)C1CCO[C@H]1C1CCN(C(=O)CCSc2ccc(Cl)cc2)CC1. The number of carboxylic acid groups (broad SMARTS) is 1. The second kappa shape index (κ2) is 9.11. The lowest BCUT2D eigenvalue weighted by atomic mass is 9.84.